The molecule has 0 aromatic carbocycles. The quantitative estimate of drug-likeness (QED) is 0.826. The predicted octanol–water partition coefficient (Wildman–Crippen LogP) is 1.55. The van der Waals surface area contributed by atoms with Crippen molar-refractivity contribution >= 4 is 40.0 Å². The first-order valence-corrected chi connectivity index (χ1v) is 6.93. The number of nitrogen functional groups attached to an aromatic ring is 1. The summed E-state index contributed by atoms with van der Waals surface area (Å²) in [5, 5.41) is 5.75. The minimum atomic E-state index is -0.139. The van der Waals surface area contributed by atoms with Crippen LogP contribution in [0.2, 0.25) is 0 Å². The lowest BCUT2D eigenvalue weighted by atomic mass is 10.6. The zero-order valence-electron chi connectivity index (χ0n) is 9.58. The Labute approximate surface area is 112 Å². The minimum Gasteiger partial charge on any atom is -0.381 e. The van der Waals surface area contributed by atoms with E-state index in [0.717, 1.165) is 5.69 Å². The molecule has 8 heteroatoms. The summed E-state index contributed by atoms with van der Waals surface area (Å²) in [6.07, 6.45) is 3.05. The maximum atomic E-state index is 11.7. The molecule has 2 rings (SSSR count). The number of aryl methyl sites for hydroxylation is 1. The third-order valence-corrected chi connectivity index (χ3v) is 3.77. The van der Waals surface area contributed by atoms with Crippen LogP contribution in [0.25, 0.3) is 0 Å². The van der Waals surface area contributed by atoms with Gasteiger partial charge in [-0.3, -0.25) is 4.79 Å². The fourth-order valence-electron chi connectivity index (χ4n) is 1.15. The average molecular weight is 281 g/mol. The van der Waals surface area contributed by atoms with Crippen molar-refractivity contribution in [3.8, 4) is 0 Å². The number of rotatable bonds is 4. The number of nitrogens with two attached hydrogens (primary N) is 1. The Morgan fingerprint density at radius 1 is 1.50 bits per heavy atom. The second kappa shape index (κ2) is 5.78. The van der Waals surface area contributed by atoms with Crippen LogP contribution in [0.3, 0.4) is 0 Å². The van der Waals surface area contributed by atoms with Gasteiger partial charge in [0, 0.05) is 17.8 Å². The van der Waals surface area contributed by atoms with Crippen LogP contribution in [0.1, 0.15) is 5.69 Å². The number of thiazole rings is 1. The van der Waals surface area contributed by atoms with E-state index in [1.54, 1.807) is 6.20 Å². The standard InChI is InChI=1S/C10H11N5OS2/c1-6-4-18-10(14-6)15-7(16)5-17-9-8(11)12-2-3-13-9/h2-4H,5H2,1H3,(H2,11,12)(H,14,15,16). The highest BCUT2D eigenvalue weighted by Crippen LogP contribution is 2.20. The Bertz CT molecular complexity index is 557. The first-order valence-electron chi connectivity index (χ1n) is 5.06. The van der Waals surface area contributed by atoms with Crippen molar-refractivity contribution in [2.45, 2.75) is 11.9 Å². The van der Waals surface area contributed by atoms with Gasteiger partial charge in [-0.25, -0.2) is 15.0 Å². The van der Waals surface area contributed by atoms with Crippen molar-refractivity contribution in [1.82, 2.24) is 15.0 Å². The van der Waals surface area contributed by atoms with Crippen LogP contribution in [-0.2, 0) is 4.79 Å². The average Bonchev–Trinajstić information content (AvgIpc) is 2.74. The molecule has 0 saturated heterocycles. The summed E-state index contributed by atoms with van der Waals surface area (Å²) in [7, 11) is 0. The highest BCUT2D eigenvalue weighted by molar-refractivity contribution is 8.00. The Balaban J connectivity index is 1.87. The molecule has 2 aromatic heterocycles. The summed E-state index contributed by atoms with van der Waals surface area (Å²) in [5.41, 5.74) is 6.52. The Hall–Kier alpha value is -1.67. The summed E-state index contributed by atoms with van der Waals surface area (Å²) >= 11 is 2.65. The van der Waals surface area contributed by atoms with Crippen molar-refractivity contribution in [3.63, 3.8) is 0 Å². The van der Waals surface area contributed by atoms with Crippen LogP contribution < -0.4 is 11.1 Å². The van der Waals surface area contributed by atoms with Crippen LogP contribution in [0.15, 0.2) is 22.8 Å². The van der Waals surface area contributed by atoms with Crippen LogP contribution in [0.5, 0.6) is 0 Å². The number of carbonyl (C=O) groups excluding carboxylic acids is 1. The van der Waals surface area contributed by atoms with Gasteiger partial charge in [-0.2, -0.15) is 0 Å². The monoisotopic (exact) mass is 281 g/mol. The Morgan fingerprint density at radius 2 is 2.28 bits per heavy atom. The van der Waals surface area contributed by atoms with Gasteiger partial charge in [0.25, 0.3) is 0 Å². The molecule has 0 atom stereocenters. The van der Waals surface area contributed by atoms with Gasteiger partial charge in [0.15, 0.2) is 10.9 Å². The number of carbonyl (C=O) groups is 1. The van der Waals surface area contributed by atoms with Gasteiger partial charge in [0.05, 0.1) is 11.4 Å². The molecule has 3 N–H and O–H groups in total. The molecule has 0 spiro atoms. The van der Waals surface area contributed by atoms with Crippen molar-refractivity contribution < 1.29 is 4.79 Å². The molecule has 0 fully saturated rings. The number of hydrogen-bond donors (Lipinski definition) is 2. The van der Waals surface area contributed by atoms with Gasteiger partial charge in [0.1, 0.15) is 5.03 Å². The number of aromatic nitrogens is 3. The summed E-state index contributed by atoms with van der Waals surface area (Å²) < 4.78 is 0. The molecule has 0 saturated carbocycles. The zero-order valence-corrected chi connectivity index (χ0v) is 11.2. The van der Waals surface area contributed by atoms with Crippen LogP contribution >= 0.6 is 23.1 Å². The second-order valence-corrected chi connectivity index (χ2v) is 5.20. The molecule has 0 radical (unpaired) electrons. The van der Waals surface area contributed by atoms with Gasteiger partial charge in [-0.15, -0.1) is 11.3 Å². The lowest BCUT2D eigenvalue weighted by Gasteiger charge is -2.02. The topological polar surface area (TPSA) is 93.8 Å². The van der Waals surface area contributed by atoms with Crippen molar-refractivity contribution in [3.05, 3.63) is 23.5 Å². The van der Waals surface area contributed by atoms with E-state index >= 15 is 0 Å². The van der Waals surface area contributed by atoms with Crippen molar-refractivity contribution in [1.29, 1.82) is 0 Å². The number of hydrogen-bond acceptors (Lipinski definition) is 7. The molecule has 1 amide bonds. The van der Waals surface area contributed by atoms with E-state index in [-0.39, 0.29) is 11.7 Å². The highest BCUT2D eigenvalue weighted by Gasteiger charge is 2.08. The van der Waals surface area contributed by atoms with Gasteiger partial charge >= 0.3 is 0 Å². The fourth-order valence-corrected chi connectivity index (χ4v) is 2.53. The minimum absolute atomic E-state index is 0.139. The molecule has 0 aliphatic heterocycles. The number of anilines is 2. The molecular formula is C10H11N5OS2. The SMILES string of the molecule is Cc1csc(NC(=O)CSc2nccnc2N)n1. The highest BCUT2D eigenvalue weighted by atomic mass is 32.2. The van der Waals surface area contributed by atoms with E-state index < -0.39 is 0 Å². The van der Waals surface area contributed by atoms with Crippen molar-refractivity contribution in [2.75, 3.05) is 16.8 Å². The smallest absolute Gasteiger partial charge is 0.236 e. The van der Waals surface area contributed by atoms with E-state index in [9.17, 15) is 4.79 Å². The molecule has 94 valence electrons. The normalized spacial score (nSPS) is 10.3. The fraction of sp³-hybridized carbons (Fsp3) is 0.200. The molecule has 0 aliphatic carbocycles. The van der Waals surface area contributed by atoms with E-state index in [0.29, 0.717) is 16.0 Å². The zero-order chi connectivity index (χ0) is 13.0. The van der Waals surface area contributed by atoms with Crippen LogP contribution in [0.4, 0.5) is 10.9 Å². The molecule has 0 unspecified atom stereocenters. The lowest BCUT2D eigenvalue weighted by Crippen LogP contribution is -2.14. The van der Waals surface area contributed by atoms with E-state index in [4.69, 9.17) is 5.73 Å². The van der Waals surface area contributed by atoms with Crippen LogP contribution in [0, 0.1) is 6.92 Å². The molecule has 18 heavy (non-hydrogen) atoms. The second-order valence-electron chi connectivity index (χ2n) is 3.38. The van der Waals surface area contributed by atoms with Gasteiger partial charge in [0.2, 0.25) is 5.91 Å². The Kier molecular flexibility index (Phi) is 4.11. The predicted molar refractivity (Wildman–Crippen MR) is 72.6 cm³/mol. The molecule has 0 bridgehead atoms. The summed E-state index contributed by atoms with van der Waals surface area (Å²) in [6.45, 7) is 1.88. The first-order chi connectivity index (χ1) is 8.65. The van der Waals surface area contributed by atoms with Gasteiger partial charge in [-0.1, -0.05) is 11.8 Å². The lowest BCUT2D eigenvalue weighted by molar-refractivity contribution is -0.113. The van der Waals surface area contributed by atoms with Crippen LogP contribution in [-0.4, -0.2) is 26.6 Å². The number of thioether (sulfide) groups is 1. The Morgan fingerprint density at radius 3 is 2.94 bits per heavy atom. The third-order valence-electron chi connectivity index (χ3n) is 1.90. The molecule has 2 aromatic rings. The summed E-state index contributed by atoms with van der Waals surface area (Å²) in [5.74, 6) is 0.418. The number of nitrogens with zero attached hydrogens (tertiary/aromatic N) is 3. The van der Waals surface area contributed by atoms with E-state index in [2.05, 4.69) is 20.3 Å². The molecule has 6 nitrogen and oxygen atoms in total. The van der Waals surface area contributed by atoms with E-state index in [1.165, 1.54) is 29.3 Å². The van der Waals surface area contributed by atoms with E-state index in [1.807, 2.05) is 12.3 Å². The maximum absolute atomic E-state index is 11.7. The number of amides is 1. The summed E-state index contributed by atoms with van der Waals surface area (Å²) in [6, 6.07) is 0. The first kappa shape index (κ1) is 12.8. The molecule has 0 aliphatic rings. The van der Waals surface area contributed by atoms with Gasteiger partial charge < -0.3 is 11.1 Å². The summed E-state index contributed by atoms with van der Waals surface area (Å²) in [4.78, 5) is 23.7. The maximum Gasteiger partial charge on any atom is 0.236 e. The number of nitrogens with one attached hydrogen (secondary N) is 1. The van der Waals surface area contributed by atoms with Crippen molar-refractivity contribution in [2.24, 2.45) is 0 Å². The largest absolute Gasteiger partial charge is 0.381 e. The third kappa shape index (κ3) is 3.41. The van der Waals surface area contributed by atoms with Gasteiger partial charge in [-0.05, 0) is 6.92 Å². The molecule has 2 heterocycles. The molecular weight excluding hydrogens is 270 g/mol.